The van der Waals surface area contributed by atoms with Crippen LogP contribution in [0.4, 0.5) is 0 Å². The first-order valence-corrected chi connectivity index (χ1v) is 12.3. The summed E-state index contributed by atoms with van der Waals surface area (Å²) in [5, 5.41) is 0. The van der Waals surface area contributed by atoms with Crippen LogP contribution in [0.15, 0.2) is 0 Å². The fraction of sp³-hybridized carbons (Fsp3) is 1.00. The van der Waals surface area contributed by atoms with E-state index in [2.05, 4.69) is 62.3 Å². The molecule has 0 aromatic carbocycles. The summed E-state index contributed by atoms with van der Waals surface area (Å²) in [7, 11) is 0. The van der Waals surface area contributed by atoms with Crippen molar-refractivity contribution in [2.24, 2.45) is 41.4 Å². The monoisotopic (exact) mass is 1240 g/mol. The summed E-state index contributed by atoms with van der Waals surface area (Å²) in [6.45, 7) is 29.2. The van der Waals surface area contributed by atoms with Gasteiger partial charge in [0.05, 0.1) is 0 Å². The van der Waals surface area contributed by atoms with Gasteiger partial charge >= 0.3 is 0 Å². The molecule has 34 heavy (non-hydrogen) atoms. The standard InChI is InChI=1S/C12H24.C10H22.2C2H6.4H2S.4W/c1-5-9(3)10(4)12-8-7-11(12)6-2;1-6-8(3)10(5)9(4)7-2;2*1-2;;;;;;;;/h9-12H,5-8H2,1-4H3;8-10H,6-7H2,1-5H3;2*1-2H3;4*1H2;;;;/t9?,10?,11-,12?;;;;;;;;;;;/m1.........../s1. The maximum atomic E-state index is 2.46. The van der Waals surface area contributed by atoms with Gasteiger partial charge in [0.2, 0.25) is 0 Å². The van der Waals surface area contributed by atoms with Gasteiger partial charge in [-0.05, 0) is 54.3 Å². The quantitative estimate of drug-likeness (QED) is 0.227. The Hall–Kier alpha value is 4.15. The van der Waals surface area contributed by atoms with Crippen LogP contribution < -0.4 is 0 Å². The zero-order chi connectivity index (χ0) is 21.3. The third kappa shape index (κ3) is 32.4. The Labute approximate surface area is 304 Å². The van der Waals surface area contributed by atoms with Crippen LogP contribution in [0.5, 0.6) is 0 Å². The second-order valence-corrected chi connectivity index (χ2v) is 8.28. The van der Waals surface area contributed by atoms with E-state index in [4.69, 9.17) is 0 Å². The first kappa shape index (κ1) is 71.4. The van der Waals surface area contributed by atoms with Crippen LogP contribution in [0.1, 0.15) is 129 Å². The van der Waals surface area contributed by atoms with E-state index in [-0.39, 0.29) is 138 Å². The molecule has 0 spiro atoms. The van der Waals surface area contributed by atoms with E-state index in [1.165, 1.54) is 38.5 Å². The van der Waals surface area contributed by atoms with Crippen molar-refractivity contribution in [2.45, 2.75) is 129 Å². The van der Waals surface area contributed by atoms with Crippen LogP contribution in [0.2, 0.25) is 0 Å². The molecule has 0 nitrogen and oxygen atoms in total. The molecule has 1 rings (SSSR count). The number of hydrogen-bond donors (Lipinski definition) is 0. The predicted molar refractivity (Wildman–Crippen MR) is 167 cm³/mol. The van der Waals surface area contributed by atoms with E-state index in [1.807, 2.05) is 27.7 Å². The van der Waals surface area contributed by atoms with Crippen molar-refractivity contribution in [3.63, 3.8) is 0 Å². The minimum Gasteiger partial charge on any atom is -0.197 e. The fourth-order valence-corrected chi connectivity index (χ4v) is 3.89. The predicted octanol–water partition coefficient (Wildman–Crippen LogP) is 10.3. The summed E-state index contributed by atoms with van der Waals surface area (Å²) in [4.78, 5) is 0. The van der Waals surface area contributed by atoms with Gasteiger partial charge in [-0.1, -0.05) is 116 Å². The molecule has 218 valence electrons. The van der Waals surface area contributed by atoms with Gasteiger partial charge in [0.1, 0.15) is 0 Å². The Morgan fingerprint density at radius 3 is 1.00 bits per heavy atom. The van der Waals surface area contributed by atoms with Crippen LogP contribution in [-0.4, -0.2) is 0 Å². The molecular formula is C26H66S4W4. The molecule has 5 unspecified atom stereocenters. The second kappa shape index (κ2) is 50.0. The summed E-state index contributed by atoms with van der Waals surface area (Å²) in [6.07, 6.45) is 8.42. The van der Waals surface area contributed by atoms with Crippen molar-refractivity contribution in [3.8, 4) is 0 Å². The summed E-state index contributed by atoms with van der Waals surface area (Å²) >= 11 is 0. The summed E-state index contributed by atoms with van der Waals surface area (Å²) in [6, 6.07) is 0. The number of rotatable bonds is 8. The molecule has 0 aromatic rings. The van der Waals surface area contributed by atoms with Crippen molar-refractivity contribution in [3.05, 3.63) is 0 Å². The van der Waals surface area contributed by atoms with E-state index in [1.54, 1.807) is 0 Å². The second-order valence-electron chi connectivity index (χ2n) is 8.28. The molecule has 0 heterocycles. The van der Waals surface area contributed by atoms with E-state index in [9.17, 15) is 0 Å². The summed E-state index contributed by atoms with van der Waals surface area (Å²) in [5.74, 6) is 6.72. The smallest absolute Gasteiger partial charge is 0 e. The minimum atomic E-state index is 0. The molecular weight excluding hydrogens is 1180 g/mol. The maximum Gasteiger partial charge on any atom is 0 e. The average Bonchev–Trinajstić information content (AvgIpc) is 2.68. The Morgan fingerprint density at radius 1 is 0.529 bits per heavy atom. The SMILES string of the molecule is CC.CC.CCC(C)C(C)C(C)CC.CCC(C)C(C)C1CC[C@H]1CC.S.S.S.S.[W].[W].[W].[W]. The fourth-order valence-electron chi connectivity index (χ4n) is 3.89. The van der Waals surface area contributed by atoms with E-state index >= 15 is 0 Å². The molecule has 0 N–H and O–H groups in total. The van der Waals surface area contributed by atoms with Crippen LogP contribution >= 0.6 is 54.0 Å². The molecule has 6 atom stereocenters. The molecule has 1 aliphatic carbocycles. The van der Waals surface area contributed by atoms with Gasteiger partial charge in [-0.3, -0.25) is 0 Å². The van der Waals surface area contributed by atoms with Gasteiger partial charge in [0.15, 0.2) is 0 Å². The van der Waals surface area contributed by atoms with Gasteiger partial charge in [-0.25, -0.2) is 0 Å². The molecule has 0 amide bonds. The van der Waals surface area contributed by atoms with Crippen LogP contribution in [0, 0.1) is 41.4 Å². The molecule has 8 heteroatoms. The van der Waals surface area contributed by atoms with Crippen LogP contribution in [0.3, 0.4) is 0 Å². The van der Waals surface area contributed by atoms with E-state index in [0.29, 0.717) is 0 Å². The Kier molecular flexibility index (Phi) is 105. The Morgan fingerprint density at radius 2 is 0.824 bits per heavy atom. The molecule has 0 radical (unpaired) electrons. The third-order valence-corrected chi connectivity index (χ3v) is 7.30. The molecule has 1 saturated carbocycles. The molecule has 0 saturated heterocycles. The largest absolute Gasteiger partial charge is 0.197 e. The van der Waals surface area contributed by atoms with Crippen molar-refractivity contribution >= 4 is 54.0 Å². The third-order valence-electron chi connectivity index (χ3n) is 7.30. The van der Waals surface area contributed by atoms with Crippen molar-refractivity contribution in [2.75, 3.05) is 0 Å². The van der Waals surface area contributed by atoms with Gasteiger partial charge in [-0.2, -0.15) is 54.0 Å². The zero-order valence-corrected chi connectivity index (χ0v) is 40.7. The summed E-state index contributed by atoms with van der Waals surface area (Å²) < 4.78 is 0. The maximum absolute atomic E-state index is 2.46. The molecule has 0 aromatic heterocycles. The minimum absolute atomic E-state index is 0. The van der Waals surface area contributed by atoms with Crippen molar-refractivity contribution in [1.29, 1.82) is 0 Å². The topological polar surface area (TPSA) is 0 Å². The van der Waals surface area contributed by atoms with E-state index in [0.717, 1.165) is 41.4 Å². The van der Waals surface area contributed by atoms with E-state index < -0.39 is 0 Å². The van der Waals surface area contributed by atoms with Gasteiger partial charge in [-0.15, -0.1) is 0 Å². The van der Waals surface area contributed by atoms with Crippen LogP contribution in [0.25, 0.3) is 0 Å². The van der Waals surface area contributed by atoms with Gasteiger partial charge in [0.25, 0.3) is 0 Å². The summed E-state index contributed by atoms with van der Waals surface area (Å²) in [5.41, 5.74) is 0. The molecule has 1 aliphatic rings. The van der Waals surface area contributed by atoms with Gasteiger partial charge in [0, 0.05) is 84.3 Å². The zero-order valence-electron chi connectivity index (χ0n) is 24.9. The molecule has 1 fully saturated rings. The average molecular weight is 1240 g/mol. The Balaban J connectivity index is -0.0000000251. The number of hydrogen-bond acceptors (Lipinski definition) is 0. The molecule has 0 aliphatic heterocycles. The van der Waals surface area contributed by atoms with Gasteiger partial charge < -0.3 is 0 Å². The normalized spacial score (nSPS) is 18.3. The van der Waals surface area contributed by atoms with Crippen molar-refractivity contribution < 1.29 is 84.3 Å². The first-order valence-electron chi connectivity index (χ1n) is 12.3. The molecule has 0 bridgehead atoms. The van der Waals surface area contributed by atoms with Crippen LogP contribution in [-0.2, 0) is 84.3 Å². The first-order chi connectivity index (χ1) is 12.3. The Bertz CT molecular complexity index is 273. The van der Waals surface area contributed by atoms with Crippen molar-refractivity contribution in [1.82, 2.24) is 0 Å².